The van der Waals surface area contributed by atoms with Crippen molar-refractivity contribution >= 4 is 43.6 Å². The molecule has 78 valence electrons. The van der Waals surface area contributed by atoms with E-state index in [1.807, 2.05) is 12.3 Å². The molecule has 14 heavy (non-hydrogen) atoms. The van der Waals surface area contributed by atoms with Crippen LogP contribution in [0.3, 0.4) is 0 Å². The van der Waals surface area contributed by atoms with E-state index in [4.69, 9.17) is 0 Å². The van der Waals surface area contributed by atoms with Gasteiger partial charge in [-0.15, -0.1) is 11.8 Å². The third-order valence-corrected chi connectivity index (χ3v) is 3.84. The molecule has 5 heteroatoms. The Morgan fingerprint density at radius 2 is 2.14 bits per heavy atom. The van der Waals surface area contributed by atoms with Crippen LogP contribution in [0.4, 0.5) is 0 Å². The highest BCUT2D eigenvalue weighted by atomic mass is 79.9. The highest BCUT2D eigenvalue weighted by Gasteiger charge is 2.02. The molecule has 0 N–H and O–H groups in total. The number of thioether (sulfide) groups is 1. The van der Waals surface area contributed by atoms with Crippen LogP contribution in [-0.2, 0) is 0 Å². The van der Waals surface area contributed by atoms with Gasteiger partial charge in [0.2, 0.25) is 0 Å². The van der Waals surface area contributed by atoms with Crippen LogP contribution in [-0.4, -0.2) is 36.3 Å². The van der Waals surface area contributed by atoms with Crippen molar-refractivity contribution in [1.82, 2.24) is 9.88 Å². The Kier molecular flexibility index (Phi) is 5.44. The molecule has 0 aliphatic carbocycles. The van der Waals surface area contributed by atoms with Crippen molar-refractivity contribution < 1.29 is 0 Å². The lowest BCUT2D eigenvalue weighted by Crippen LogP contribution is -2.14. The maximum Gasteiger partial charge on any atom is 0.110 e. The van der Waals surface area contributed by atoms with Crippen molar-refractivity contribution in [2.24, 2.45) is 0 Å². The van der Waals surface area contributed by atoms with Crippen LogP contribution in [0.25, 0.3) is 0 Å². The zero-order chi connectivity index (χ0) is 10.6. The van der Waals surface area contributed by atoms with E-state index in [0.29, 0.717) is 0 Å². The molecule has 0 saturated heterocycles. The molecular weight excluding hydrogens is 328 g/mol. The van der Waals surface area contributed by atoms with E-state index in [-0.39, 0.29) is 0 Å². The van der Waals surface area contributed by atoms with Crippen LogP contribution in [0.2, 0.25) is 0 Å². The van der Waals surface area contributed by atoms with E-state index in [0.717, 1.165) is 26.3 Å². The van der Waals surface area contributed by atoms with Gasteiger partial charge in [-0.05, 0) is 52.0 Å². The van der Waals surface area contributed by atoms with Crippen LogP contribution in [0.1, 0.15) is 0 Å². The lowest BCUT2D eigenvalue weighted by Gasteiger charge is -2.08. The Balaban J connectivity index is 2.51. The molecule has 0 amide bonds. The molecule has 0 spiro atoms. The van der Waals surface area contributed by atoms with Crippen LogP contribution < -0.4 is 0 Å². The third kappa shape index (κ3) is 4.29. The smallest absolute Gasteiger partial charge is 0.110 e. The van der Waals surface area contributed by atoms with Gasteiger partial charge in [0.25, 0.3) is 0 Å². The summed E-state index contributed by atoms with van der Waals surface area (Å²) >= 11 is 8.63. The molecule has 0 aliphatic rings. The number of rotatable bonds is 4. The number of halogens is 2. The lowest BCUT2D eigenvalue weighted by atomic mass is 10.5. The lowest BCUT2D eigenvalue weighted by molar-refractivity contribution is 0.437. The molecule has 0 aromatic carbocycles. The topological polar surface area (TPSA) is 16.1 Å². The minimum atomic E-state index is 1.00. The molecule has 0 atom stereocenters. The predicted molar refractivity (Wildman–Crippen MR) is 68.9 cm³/mol. The zero-order valence-electron chi connectivity index (χ0n) is 8.13. The molecule has 0 saturated carbocycles. The number of pyridine rings is 1. The molecule has 2 nitrogen and oxygen atoms in total. The molecule has 0 radical (unpaired) electrons. The second-order valence-corrected chi connectivity index (χ2v) is 5.95. The summed E-state index contributed by atoms with van der Waals surface area (Å²) in [6.07, 6.45) is 1.82. The van der Waals surface area contributed by atoms with E-state index >= 15 is 0 Å². The first-order valence-electron chi connectivity index (χ1n) is 4.18. The van der Waals surface area contributed by atoms with E-state index in [2.05, 4.69) is 55.8 Å². The Labute approximate surface area is 106 Å². The summed E-state index contributed by atoms with van der Waals surface area (Å²) in [5.74, 6) is 1.06. The summed E-state index contributed by atoms with van der Waals surface area (Å²) in [4.78, 5) is 6.49. The average Bonchev–Trinajstić information content (AvgIpc) is 2.08. The van der Waals surface area contributed by atoms with Crippen LogP contribution in [0.15, 0.2) is 26.2 Å². The molecule has 1 aromatic rings. The fraction of sp³-hybridized carbons (Fsp3) is 0.444. The molecule has 1 aromatic heterocycles. The average molecular weight is 340 g/mol. The van der Waals surface area contributed by atoms with E-state index in [1.54, 1.807) is 11.8 Å². The summed E-state index contributed by atoms with van der Waals surface area (Å²) in [6, 6.07) is 2.02. The first-order chi connectivity index (χ1) is 6.59. The zero-order valence-corrected chi connectivity index (χ0v) is 12.1. The number of aromatic nitrogens is 1. The second-order valence-electron chi connectivity index (χ2n) is 3.09. The van der Waals surface area contributed by atoms with E-state index in [1.165, 1.54) is 0 Å². The Hall–Kier alpha value is 0.420. The van der Waals surface area contributed by atoms with Gasteiger partial charge < -0.3 is 4.90 Å². The van der Waals surface area contributed by atoms with Crippen molar-refractivity contribution in [3.63, 3.8) is 0 Å². The van der Waals surface area contributed by atoms with Crippen molar-refractivity contribution in [2.45, 2.75) is 5.03 Å². The van der Waals surface area contributed by atoms with Crippen LogP contribution in [0.5, 0.6) is 0 Å². The van der Waals surface area contributed by atoms with Crippen molar-refractivity contribution in [3.8, 4) is 0 Å². The van der Waals surface area contributed by atoms with E-state index < -0.39 is 0 Å². The van der Waals surface area contributed by atoms with Crippen molar-refractivity contribution in [3.05, 3.63) is 21.2 Å². The summed E-state index contributed by atoms with van der Waals surface area (Å²) in [5, 5.41) is 1.05. The molecule has 1 heterocycles. The fourth-order valence-corrected chi connectivity index (χ4v) is 3.14. The standard InChI is InChI=1S/C9H12Br2N2S/c1-13(2)3-4-14-9-8(11)5-7(10)6-12-9/h5-6H,3-4H2,1-2H3. The molecule has 0 aliphatic heterocycles. The molecular formula is C9H12Br2N2S. The van der Waals surface area contributed by atoms with Gasteiger partial charge in [0.1, 0.15) is 5.03 Å². The largest absolute Gasteiger partial charge is 0.309 e. The first kappa shape index (κ1) is 12.5. The van der Waals surface area contributed by atoms with Gasteiger partial charge in [-0.1, -0.05) is 0 Å². The quantitative estimate of drug-likeness (QED) is 0.783. The monoisotopic (exact) mass is 338 g/mol. The minimum absolute atomic E-state index is 1.00. The normalized spacial score (nSPS) is 10.9. The third-order valence-electron chi connectivity index (χ3n) is 1.55. The van der Waals surface area contributed by atoms with Gasteiger partial charge >= 0.3 is 0 Å². The van der Waals surface area contributed by atoms with Crippen LogP contribution in [0, 0.1) is 0 Å². The second kappa shape index (κ2) is 6.10. The number of hydrogen-bond donors (Lipinski definition) is 0. The summed E-state index contributed by atoms with van der Waals surface area (Å²) < 4.78 is 2.05. The number of nitrogens with zero attached hydrogens (tertiary/aromatic N) is 2. The summed E-state index contributed by atoms with van der Waals surface area (Å²) in [7, 11) is 4.15. The highest BCUT2D eigenvalue weighted by molar-refractivity contribution is 9.11. The first-order valence-corrected chi connectivity index (χ1v) is 6.75. The molecule has 0 bridgehead atoms. The maximum atomic E-state index is 4.33. The SMILES string of the molecule is CN(C)CCSc1ncc(Br)cc1Br. The highest BCUT2D eigenvalue weighted by Crippen LogP contribution is 2.27. The Morgan fingerprint density at radius 3 is 2.71 bits per heavy atom. The van der Waals surface area contributed by atoms with Gasteiger partial charge in [0.15, 0.2) is 0 Å². The Bertz CT molecular complexity index is 305. The summed E-state index contributed by atoms with van der Waals surface area (Å²) in [6.45, 7) is 1.06. The van der Waals surface area contributed by atoms with Gasteiger partial charge in [0, 0.05) is 23.0 Å². The molecule has 0 unspecified atom stereocenters. The summed E-state index contributed by atoms with van der Waals surface area (Å²) in [5.41, 5.74) is 0. The number of hydrogen-bond acceptors (Lipinski definition) is 3. The predicted octanol–water partition coefficient (Wildman–Crippen LogP) is 3.26. The van der Waals surface area contributed by atoms with Gasteiger partial charge in [-0.25, -0.2) is 4.98 Å². The van der Waals surface area contributed by atoms with E-state index in [9.17, 15) is 0 Å². The van der Waals surface area contributed by atoms with Gasteiger partial charge in [-0.3, -0.25) is 0 Å². The van der Waals surface area contributed by atoms with Crippen molar-refractivity contribution in [2.75, 3.05) is 26.4 Å². The van der Waals surface area contributed by atoms with Crippen molar-refractivity contribution in [1.29, 1.82) is 0 Å². The Morgan fingerprint density at radius 1 is 1.43 bits per heavy atom. The fourth-order valence-electron chi connectivity index (χ4n) is 0.833. The molecule has 1 rings (SSSR count). The van der Waals surface area contributed by atoms with Crippen LogP contribution >= 0.6 is 43.6 Å². The minimum Gasteiger partial charge on any atom is -0.309 e. The maximum absolute atomic E-state index is 4.33. The van der Waals surface area contributed by atoms with Gasteiger partial charge in [-0.2, -0.15) is 0 Å². The van der Waals surface area contributed by atoms with Gasteiger partial charge in [0.05, 0.1) is 4.47 Å². The molecule has 0 fully saturated rings.